The predicted molar refractivity (Wildman–Crippen MR) is 84.1 cm³/mol. The van der Waals surface area contributed by atoms with E-state index in [1.807, 2.05) is 16.7 Å². The molecule has 0 bridgehead atoms. The van der Waals surface area contributed by atoms with Gasteiger partial charge in [-0.05, 0) is 26.3 Å². The lowest BCUT2D eigenvalue weighted by atomic mass is 10.0. The first kappa shape index (κ1) is 13.8. The van der Waals surface area contributed by atoms with Crippen molar-refractivity contribution in [1.82, 2.24) is 9.38 Å². The van der Waals surface area contributed by atoms with E-state index in [9.17, 15) is 4.79 Å². The Morgan fingerprint density at radius 1 is 1.33 bits per heavy atom. The lowest BCUT2D eigenvalue weighted by Gasteiger charge is -2.06. The van der Waals surface area contributed by atoms with E-state index in [4.69, 9.17) is 5.11 Å². The highest BCUT2D eigenvalue weighted by Crippen LogP contribution is 2.30. The Morgan fingerprint density at radius 3 is 2.76 bits per heavy atom. The standard InChI is InChI=1S/C16H16N2O2S/c1-9-4-5-13(10(2)6-9)15-11(3)18-12(7-14(19)20)8-21-16(18)17-15/h4-6,8H,7H2,1-3H3,(H,19,20). The Labute approximate surface area is 126 Å². The number of thiazole rings is 1. The molecule has 0 amide bonds. The molecule has 1 aromatic carbocycles. The Morgan fingerprint density at radius 2 is 2.10 bits per heavy atom. The van der Waals surface area contributed by atoms with Gasteiger partial charge in [0.05, 0.1) is 12.1 Å². The lowest BCUT2D eigenvalue weighted by molar-refractivity contribution is -0.136. The summed E-state index contributed by atoms with van der Waals surface area (Å²) in [5.41, 5.74) is 6.23. The third-order valence-corrected chi connectivity index (χ3v) is 4.51. The number of aliphatic carboxylic acids is 1. The molecule has 0 aliphatic heterocycles. The minimum atomic E-state index is -0.823. The maximum atomic E-state index is 11.0. The van der Waals surface area contributed by atoms with E-state index in [1.54, 1.807) is 0 Å². The van der Waals surface area contributed by atoms with Crippen LogP contribution in [0.4, 0.5) is 0 Å². The van der Waals surface area contributed by atoms with Crippen molar-refractivity contribution in [2.45, 2.75) is 27.2 Å². The van der Waals surface area contributed by atoms with Crippen LogP contribution in [0.2, 0.25) is 0 Å². The monoisotopic (exact) mass is 300 g/mol. The van der Waals surface area contributed by atoms with E-state index in [0.717, 1.165) is 27.6 Å². The minimum absolute atomic E-state index is 0.0174. The summed E-state index contributed by atoms with van der Waals surface area (Å²) in [6.45, 7) is 6.14. The third-order valence-electron chi connectivity index (χ3n) is 3.63. The summed E-state index contributed by atoms with van der Waals surface area (Å²) in [6, 6.07) is 6.30. The number of rotatable bonds is 3. The van der Waals surface area contributed by atoms with E-state index >= 15 is 0 Å². The van der Waals surface area contributed by atoms with Gasteiger partial charge in [0.15, 0.2) is 4.96 Å². The van der Waals surface area contributed by atoms with E-state index in [1.165, 1.54) is 22.5 Å². The maximum absolute atomic E-state index is 11.0. The molecule has 5 heteroatoms. The van der Waals surface area contributed by atoms with Gasteiger partial charge in [0.25, 0.3) is 0 Å². The van der Waals surface area contributed by atoms with Gasteiger partial charge in [0.1, 0.15) is 0 Å². The van der Waals surface area contributed by atoms with Crippen LogP contribution in [-0.4, -0.2) is 20.5 Å². The molecule has 21 heavy (non-hydrogen) atoms. The van der Waals surface area contributed by atoms with Crippen LogP contribution < -0.4 is 0 Å². The fourth-order valence-electron chi connectivity index (χ4n) is 2.68. The zero-order valence-electron chi connectivity index (χ0n) is 12.2. The smallest absolute Gasteiger partial charge is 0.309 e. The second kappa shape index (κ2) is 5.00. The van der Waals surface area contributed by atoms with Crippen LogP contribution in [-0.2, 0) is 11.2 Å². The molecule has 2 aromatic heterocycles. The van der Waals surface area contributed by atoms with Gasteiger partial charge >= 0.3 is 5.97 Å². The highest BCUT2D eigenvalue weighted by atomic mass is 32.1. The quantitative estimate of drug-likeness (QED) is 0.804. The first-order valence-corrected chi connectivity index (χ1v) is 7.60. The Kier molecular flexibility index (Phi) is 3.29. The van der Waals surface area contributed by atoms with Crippen molar-refractivity contribution in [3.63, 3.8) is 0 Å². The summed E-state index contributed by atoms with van der Waals surface area (Å²) in [6.07, 6.45) is 0.0174. The number of hydrogen-bond donors (Lipinski definition) is 1. The van der Waals surface area contributed by atoms with Gasteiger partial charge in [0, 0.05) is 22.3 Å². The molecule has 0 saturated heterocycles. The van der Waals surface area contributed by atoms with E-state index < -0.39 is 5.97 Å². The number of nitrogens with zero attached hydrogens (tertiary/aromatic N) is 2. The van der Waals surface area contributed by atoms with Crippen molar-refractivity contribution in [3.8, 4) is 11.3 Å². The molecule has 0 aliphatic rings. The van der Waals surface area contributed by atoms with Crippen LogP contribution in [0.15, 0.2) is 23.6 Å². The van der Waals surface area contributed by atoms with Crippen LogP contribution >= 0.6 is 11.3 Å². The molecule has 0 saturated carbocycles. The topological polar surface area (TPSA) is 54.6 Å². The summed E-state index contributed by atoms with van der Waals surface area (Å²) in [5.74, 6) is -0.823. The molecule has 4 nitrogen and oxygen atoms in total. The average Bonchev–Trinajstić information content (AvgIpc) is 2.91. The Bertz CT molecular complexity index is 845. The molecule has 0 radical (unpaired) electrons. The molecular weight excluding hydrogens is 284 g/mol. The van der Waals surface area contributed by atoms with E-state index in [0.29, 0.717) is 0 Å². The summed E-state index contributed by atoms with van der Waals surface area (Å²) in [4.78, 5) is 16.5. The highest BCUT2D eigenvalue weighted by Gasteiger charge is 2.17. The maximum Gasteiger partial charge on any atom is 0.309 e. The third kappa shape index (κ3) is 2.34. The number of carbonyl (C=O) groups is 1. The van der Waals surface area contributed by atoms with Crippen LogP contribution in [0.3, 0.4) is 0 Å². The van der Waals surface area contributed by atoms with Gasteiger partial charge in [0.2, 0.25) is 0 Å². The van der Waals surface area contributed by atoms with Gasteiger partial charge in [-0.15, -0.1) is 11.3 Å². The Balaban J connectivity index is 2.18. The largest absolute Gasteiger partial charge is 0.481 e. The van der Waals surface area contributed by atoms with Crippen molar-refractivity contribution in [3.05, 3.63) is 46.1 Å². The molecule has 0 spiro atoms. The minimum Gasteiger partial charge on any atom is -0.481 e. The van der Waals surface area contributed by atoms with E-state index in [2.05, 4.69) is 37.0 Å². The van der Waals surface area contributed by atoms with Crippen LogP contribution in [0.25, 0.3) is 16.2 Å². The van der Waals surface area contributed by atoms with Gasteiger partial charge in [-0.25, -0.2) is 4.98 Å². The fourth-order valence-corrected chi connectivity index (χ4v) is 3.61. The van der Waals surface area contributed by atoms with Gasteiger partial charge in [-0.2, -0.15) is 0 Å². The second-order valence-corrected chi connectivity index (χ2v) is 6.12. The summed E-state index contributed by atoms with van der Waals surface area (Å²) in [5, 5.41) is 10.9. The second-order valence-electron chi connectivity index (χ2n) is 5.28. The number of benzene rings is 1. The van der Waals surface area contributed by atoms with Crippen molar-refractivity contribution in [2.75, 3.05) is 0 Å². The summed E-state index contributed by atoms with van der Waals surface area (Å²) >= 11 is 1.48. The highest BCUT2D eigenvalue weighted by molar-refractivity contribution is 7.15. The molecule has 0 aliphatic carbocycles. The molecule has 0 atom stereocenters. The van der Waals surface area contributed by atoms with Crippen molar-refractivity contribution in [2.24, 2.45) is 0 Å². The molecule has 3 rings (SSSR count). The molecule has 0 unspecified atom stereocenters. The van der Waals surface area contributed by atoms with Gasteiger partial charge in [-0.3, -0.25) is 9.20 Å². The molecule has 3 aromatic rings. The molecule has 0 fully saturated rings. The van der Waals surface area contributed by atoms with Crippen LogP contribution in [0, 0.1) is 20.8 Å². The molecule has 2 heterocycles. The van der Waals surface area contributed by atoms with Crippen molar-refractivity contribution in [1.29, 1.82) is 0 Å². The summed E-state index contributed by atoms with van der Waals surface area (Å²) in [7, 11) is 0. The average molecular weight is 300 g/mol. The summed E-state index contributed by atoms with van der Waals surface area (Å²) < 4.78 is 1.95. The normalized spacial score (nSPS) is 11.2. The van der Waals surface area contributed by atoms with Crippen molar-refractivity contribution >= 4 is 22.3 Å². The van der Waals surface area contributed by atoms with Crippen molar-refractivity contribution < 1.29 is 9.90 Å². The first-order chi connectivity index (χ1) is 9.97. The van der Waals surface area contributed by atoms with Gasteiger partial charge in [-0.1, -0.05) is 23.8 Å². The SMILES string of the molecule is Cc1ccc(-c2nc3scc(CC(=O)O)n3c2C)c(C)c1. The number of fused-ring (bicyclic) bond motifs is 1. The number of aryl methyl sites for hydroxylation is 3. The Hall–Kier alpha value is -2.14. The number of carboxylic acids is 1. The predicted octanol–water partition coefficient (Wildman–Crippen LogP) is 3.62. The zero-order valence-corrected chi connectivity index (χ0v) is 13.0. The van der Waals surface area contributed by atoms with E-state index in [-0.39, 0.29) is 6.42 Å². The number of hydrogen-bond acceptors (Lipinski definition) is 3. The van der Waals surface area contributed by atoms with Gasteiger partial charge < -0.3 is 5.11 Å². The number of carboxylic acid groups (broad SMARTS) is 1. The first-order valence-electron chi connectivity index (χ1n) is 6.72. The van der Waals surface area contributed by atoms with Crippen LogP contribution in [0.5, 0.6) is 0 Å². The zero-order chi connectivity index (χ0) is 15.1. The lowest BCUT2D eigenvalue weighted by Crippen LogP contribution is -2.03. The molecule has 108 valence electrons. The number of aromatic nitrogens is 2. The molecular formula is C16H16N2O2S. The number of imidazole rings is 1. The fraction of sp³-hybridized carbons (Fsp3) is 0.250. The van der Waals surface area contributed by atoms with Crippen LogP contribution in [0.1, 0.15) is 22.5 Å². The molecule has 1 N–H and O–H groups in total.